The Morgan fingerprint density at radius 2 is 1.23 bits per heavy atom. The van der Waals surface area contributed by atoms with E-state index in [4.69, 9.17) is 73.4 Å². The van der Waals surface area contributed by atoms with Gasteiger partial charge in [0.25, 0.3) is 11.8 Å². The molecule has 5 aliphatic heterocycles. The lowest BCUT2D eigenvalue weighted by atomic mass is 9.98. The van der Waals surface area contributed by atoms with Crippen molar-refractivity contribution in [3.05, 3.63) is 107 Å². The molecule has 83 heavy (non-hydrogen) atoms. The highest BCUT2D eigenvalue weighted by atomic mass is 35.6. The Bertz CT molecular complexity index is 3140. The van der Waals surface area contributed by atoms with Crippen molar-refractivity contribution in [1.29, 1.82) is 0 Å². The van der Waals surface area contributed by atoms with E-state index in [1.807, 2.05) is 43.6 Å². The van der Waals surface area contributed by atoms with E-state index < -0.39 is 49.2 Å². The Balaban J connectivity index is 0.942. The number of amides is 4. The number of carbonyl (C=O) groups is 4. The maximum absolute atomic E-state index is 15.2. The average molecular weight is 1220 g/mol. The highest BCUT2D eigenvalue weighted by Gasteiger charge is 2.52. The number of nitrogens with zero attached hydrogens (tertiary/aromatic N) is 6. The molecule has 4 aromatic rings. The Hall–Kier alpha value is -6.35. The van der Waals surface area contributed by atoms with Crippen LogP contribution in [0.4, 0.5) is 32.3 Å². The fraction of sp³-hybridized carbons (Fsp3) is 0.475. The quantitative estimate of drug-likeness (QED) is 0.0457. The number of anilines is 4. The van der Waals surface area contributed by atoms with Crippen LogP contribution in [0.3, 0.4) is 0 Å². The van der Waals surface area contributed by atoms with E-state index in [2.05, 4.69) is 75.0 Å². The van der Waals surface area contributed by atoms with Gasteiger partial charge in [-0.15, -0.1) is 0 Å². The molecule has 22 heteroatoms. The van der Waals surface area contributed by atoms with Gasteiger partial charge in [0.15, 0.2) is 37.5 Å². The molecule has 2 N–H and O–H groups in total. The number of nitrogens with two attached hydrogens (primary N) is 1. The van der Waals surface area contributed by atoms with Gasteiger partial charge in [0, 0.05) is 62.1 Å². The minimum absolute atomic E-state index is 0.139. The average Bonchev–Trinajstić information content (AvgIpc) is 3.88. The van der Waals surface area contributed by atoms with Crippen molar-refractivity contribution in [2.45, 2.75) is 113 Å². The molecule has 9 rings (SSSR count). The molecule has 0 radical (unpaired) electrons. The van der Waals surface area contributed by atoms with E-state index >= 15 is 4.79 Å². The van der Waals surface area contributed by atoms with Gasteiger partial charge < -0.3 is 58.2 Å². The first-order valence-electron chi connectivity index (χ1n) is 28.2. The number of nitrogen functional groups attached to an aromatic ring is 1. The number of unbranched alkanes of at least 4 members (excludes halogenated alkanes) is 2. The molecule has 4 atom stereocenters. The van der Waals surface area contributed by atoms with E-state index in [0.717, 1.165) is 54.1 Å². The van der Waals surface area contributed by atoms with Crippen LogP contribution in [0.2, 0.25) is 18.1 Å². The van der Waals surface area contributed by atoms with Crippen LogP contribution in [0, 0.1) is 0 Å². The van der Waals surface area contributed by atoms with Gasteiger partial charge in [-0.05, 0) is 130 Å². The number of hydrogen-bond acceptors (Lipinski definition) is 14. The highest BCUT2D eigenvalue weighted by Crippen LogP contribution is 2.48. The lowest BCUT2D eigenvalue weighted by Gasteiger charge is -2.44. The normalized spacial score (nSPS) is 20.1. The zero-order valence-electron chi connectivity index (χ0n) is 49.0. The van der Waals surface area contributed by atoms with Gasteiger partial charge in [-0.1, -0.05) is 79.8 Å². The van der Waals surface area contributed by atoms with Gasteiger partial charge >= 0.3 is 12.2 Å². The van der Waals surface area contributed by atoms with Gasteiger partial charge in [-0.2, -0.15) is 0 Å². The van der Waals surface area contributed by atoms with Crippen molar-refractivity contribution in [2.24, 2.45) is 0 Å². The zero-order chi connectivity index (χ0) is 59.7. The molecule has 4 aromatic carbocycles. The summed E-state index contributed by atoms with van der Waals surface area (Å²) >= 11 is 18.6. The number of methoxy groups -OCH3 is 2. The number of alkyl halides is 3. The summed E-state index contributed by atoms with van der Waals surface area (Å²) in [6, 6.07) is 20.9. The molecule has 5 heterocycles. The third-order valence-corrected chi connectivity index (χ3v) is 21.4. The lowest BCUT2D eigenvalue weighted by molar-refractivity contribution is 0.0585. The summed E-state index contributed by atoms with van der Waals surface area (Å²) in [7, 11) is 2.38. The number of halogens is 3. The molecule has 0 bridgehead atoms. The topological polar surface area (TPSA) is 178 Å². The van der Waals surface area contributed by atoms with E-state index in [9.17, 15) is 14.4 Å². The largest absolute Gasteiger partial charge is 0.493 e. The molecule has 0 spiro atoms. The molecule has 0 saturated carbocycles. The standard InChI is InChI=1S/C61H76Cl3N7O11Si/c1-11-78-58(74)70-38(2)47-29-42(40-16-15-17-43(65)28-40)36-68(47)55(72)45-31-51(76-7)53(33-48(45)70)79-26-13-12-14-27-80-54-34-49-46(32-52(54)77-8)56(73)69-35-41(39-18-20-44(21-19-39)67-24-22-66(6)23-25-67)30-50(69)57(82-83(9,10)60(3,4)5)71(49)59(75)81-37-61(62,63)64/h15-21,28,31-36,38,47,50,57H,11-14,22-27,29-30,37,65H2,1-10H3/t38-,47-,50-,57-/m0/s1. The molecular formula is C61H76Cl3N7O11Si. The van der Waals surface area contributed by atoms with Gasteiger partial charge in [0.1, 0.15) is 6.61 Å². The third-order valence-electron chi connectivity index (χ3n) is 16.6. The molecule has 0 aliphatic carbocycles. The Kier molecular flexibility index (Phi) is 18.5. The summed E-state index contributed by atoms with van der Waals surface area (Å²) in [5.74, 6) is 0.573. The number of rotatable bonds is 17. The van der Waals surface area contributed by atoms with Crippen molar-refractivity contribution in [2.75, 3.05) is 94.3 Å². The second kappa shape index (κ2) is 25.1. The van der Waals surface area contributed by atoms with Gasteiger partial charge in [-0.3, -0.25) is 14.5 Å². The molecule has 1 fully saturated rings. The third kappa shape index (κ3) is 13.1. The summed E-state index contributed by atoms with van der Waals surface area (Å²) in [6.07, 6.45) is 3.86. The summed E-state index contributed by atoms with van der Waals surface area (Å²) in [5, 5.41) is -0.311. The van der Waals surface area contributed by atoms with Crippen LogP contribution in [-0.2, 0) is 13.9 Å². The molecule has 4 amide bonds. The van der Waals surface area contributed by atoms with E-state index in [1.165, 1.54) is 24.0 Å². The molecule has 0 unspecified atom stereocenters. The first kappa shape index (κ1) is 61.2. The monoisotopic (exact) mass is 1220 g/mol. The van der Waals surface area contributed by atoms with Crippen molar-refractivity contribution in [3.8, 4) is 23.0 Å². The smallest absolute Gasteiger partial charge is 0.416 e. The zero-order valence-corrected chi connectivity index (χ0v) is 52.2. The van der Waals surface area contributed by atoms with Crippen LogP contribution in [0.1, 0.15) is 98.6 Å². The maximum Gasteiger partial charge on any atom is 0.416 e. The fourth-order valence-corrected chi connectivity index (χ4v) is 12.4. The second-order valence-corrected chi connectivity index (χ2v) is 30.4. The highest BCUT2D eigenvalue weighted by molar-refractivity contribution is 6.74. The number of carbonyl (C=O) groups excluding carboxylic acids is 4. The molecule has 446 valence electrons. The maximum atomic E-state index is 15.2. The van der Waals surface area contributed by atoms with Crippen LogP contribution >= 0.6 is 34.8 Å². The number of piperazine rings is 1. The summed E-state index contributed by atoms with van der Waals surface area (Å²) in [6.45, 7) is 18.0. The van der Waals surface area contributed by atoms with Crippen LogP contribution in [0.15, 0.2) is 85.2 Å². The Morgan fingerprint density at radius 1 is 0.687 bits per heavy atom. The number of likely N-dealkylation sites (N-methyl/N-ethyl adjacent to an activating group) is 1. The summed E-state index contributed by atoms with van der Waals surface area (Å²) in [4.78, 5) is 69.2. The number of ether oxygens (including phenoxy) is 6. The Morgan fingerprint density at radius 3 is 1.77 bits per heavy atom. The second-order valence-electron chi connectivity index (χ2n) is 23.2. The first-order chi connectivity index (χ1) is 39.4. The van der Waals surface area contributed by atoms with Crippen molar-refractivity contribution < 1.29 is 52.0 Å². The minimum Gasteiger partial charge on any atom is -0.493 e. The molecule has 1 saturated heterocycles. The van der Waals surface area contributed by atoms with Crippen LogP contribution in [0.25, 0.3) is 11.1 Å². The fourth-order valence-electron chi connectivity index (χ4n) is 11.0. The van der Waals surface area contributed by atoms with Crippen LogP contribution < -0.4 is 39.4 Å². The predicted octanol–water partition coefficient (Wildman–Crippen LogP) is 12.2. The summed E-state index contributed by atoms with van der Waals surface area (Å²) < 4.78 is 41.2. The molecule has 18 nitrogen and oxygen atoms in total. The number of benzene rings is 4. The van der Waals surface area contributed by atoms with E-state index in [1.54, 1.807) is 41.0 Å². The first-order valence-corrected chi connectivity index (χ1v) is 32.3. The van der Waals surface area contributed by atoms with Crippen LogP contribution in [-0.4, -0.2) is 149 Å². The van der Waals surface area contributed by atoms with Crippen LogP contribution in [0.5, 0.6) is 23.0 Å². The molecule has 0 aromatic heterocycles. The van der Waals surface area contributed by atoms with Gasteiger partial charge in [0.05, 0.1) is 74.7 Å². The molecule has 5 aliphatic rings. The van der Waals surface area contributed by atoms with E-state index in [-0.39, 0.29) is 71.0 Å². The van der Waals surface area contributed by atoms with Crippen molar-refractivity contribution in [1.82, 2.24) is 14.7 Å². The van der Waals surface area contributed by atoms with E-state index in [0.29, 0.717) is 55.0 Å². The number of hydrogen-bond donors (Lipinski definition) is 1. The van der Waals surface area contributed by atoms with Gasteiger partial charge in [0.2, 0.25) is 3.79 Å². The Labute approximate surface area is 502 Å². The van der Waals surface area contributed by atoms with Crippen molar-refractivity contribution in [3.63, 3.8) is 0 Å². The lowest BCUT2D eigenvalue weighted by Crippen LogP contribution is -2.58. The minimum atomic E-state index is -2.75. The molecular weight excluding hydrogens is 1140 g/mol. The van der Waals surface area contributed by atoms with Crippen molar-refractivity contribution >= 4 is 101 Å². The predicted molar refractivity (Wildman–Crippen MR) is 328 cm³/mol. The number of fused-ring (bicyclic) bond motifs is 4. The SMILES string of the molecule is CCOC(=O)N1c2cc(OCCCCCOc3cc4c(cc3OC)C(=O)N3C=C(c5ccc(N6CCN(C)CC6)cc5)C[C@H]3[C@H](O[Si](C)(C)C(C)(C)C)N4C(=O)OCC(Cl)(Cl)Cl)c(OC)cc2C(=O)N2C=C(c3cccc(N)c3)C[C@H]2[C@@H]1C. The van der Waals surface area contributed by atoms with Gasteiger partial charge in [-0.25, -0.2) is 14.5 Å². The summed E-state index contributed by atoms with van der Waals surface area (Å²) in [5.41, 5.74) is 12.5.